The van der Waals surface area contributed by atoms with Crippen molar-refractivity contribution in [2.75, 3.05) is 19.8 Å². The monoisotopic (exact) mass is 278 g/mol. The Labute approximate surface area is 121 Å². The summed E-state index contributed by atoms with van der Waals surface area (Å²) in [5, 5.41) is 3.43. The molecule has 0 aliphatic carbocycles. The molecule has 4 heteroatoms. The molecule has 1 aliphatic heterocycles. The van der Waals surface area contributed by atoms with Crippen LogP contribution >= 0.6 is 0 Å². The molecule has 20 heavy (non-hydrogen) atoms. The van der Waals surface area contributed by atoms with Crippen LogP contribution in [-0.4, -0.2) is 30.8 Å². The van der Waals surface area contributed by atoms with Gasteiger partial charge in [0.05, 0.1) is 18.9 Å². The van der Waals surface area contributed by atoms with Crippen molar-refractivity contribution in [1.82, 2.24) is 10.3 Å². The third kappa shape index (κ3) is 4.18. The molecule has 0 unspecified atom stereocenters. The molecule has 1 fully saturated rings. The maximum absolute atomic E-state index is 5.87. The zero-order valence-corrected chi connectivity index (χ0v) is 13.0. The van der Waals surface area contributed by atoms with Crippen LogP contribution in [0.1, 0.15) is 45.4 Å². The fraction of sp³-hybridized carbons (Fsp3) is 0.688. The van der Waals surface area contributed by atoms with Gasteiger partial charge in [-0.25, -0.2) is 4.98 Å². The molecule has 0 atom stereocenters. The van der Waals surface area contributed by atoms with E-state index in [0.717, 1.165) is 31.1 Å². The van der Waals surface area contributed by atoms with E-state index in [9.17, 15) is 0 Å². The summed E-state index contributed by atoms with van der Waals surface area (Å²) in [5.41, 5.74) is 2.33. The first-order valence-corrected chi connectivity index (χ1v) is 7.45. The summed E-state index contributed by atoms with van der Waals surface area (Å²) >= 11 is 0. The average molecular weight is 278 g/mol. The predicted octanol–water partition coefficient (Wildman–Crippen LogP) is 2.66. The third-order valence-electron chi connectivity index (χ3n) is 3.28. The second-order valence-corrected chi connectivity index (χ2v) is 6.40. The van der Waals surface area contributed by atoms with Gasteiger partial charge in [-0.05, 0) is 24.6 Å². The summed E-state index contributed by atoms with van der Waals surface area (Å²) in [6, 6.07) is 4.21. The summed E-state index contributed by atoms with van der Waals surface area (Å²) in [4.78, 5) is 4.65. The van der Waals surface area contributed by atoms with E-state index in [1.165, 1.54) is 5.56 Å². The van der Waals surface area contributed by atoms with Gasteiger partial charge in [0.25, 0.3) is 0 Å². The average Bonchev–Trinajstić information content (AvgIpc) is 2.33. The number of nitrogens with one attached hydrogen (secondary N) is 1. The zero-order chi connectivity index (χ0) is 14.6. The van der Waals surface area contributed by atoms with Gasteiger partial charge in [-0.1, -0.05) is 27.7 Å². The highest BCUT2D eigenvalue weighted by Crippen LogP contribution is 2.25. The van der Waals surface area contributed by atoms with Gasteiger partial charge in [0.15, 0.2) is 0 Å². The molecular weight excluding hydrogens is 252 g/mol. The Morgan fingerprint density at radius 2 is 2.10 bits per heavy atom. The Morgan fingerprint density at radius 3 is 2.65 bits per heavy atom. The van der Waals surface area contributed by atoms with Crippen LogP contribution in [0.2, 0.25) is 0 Å². The van der Waals surface area contributed by atoms with Crippen LogP contribution in [0, 0.1) is 0 Å². The minimum atomic E-state index is 0.0228. The van der Waals surface area contributed by atoms with Crippen LogP contribution in [0.15, 0.2) is 12.1 Å². The normalized spacial score (nSPS) is 16.0. The van der Waals surface area contributed by atoms with Crippen LogP contribution in [0.4, 0.5) is 0 Å². The van der Waals surface area contributed by atoms with Crippen molar-refractivity contribution in [3.05, 3.63) is 23.4 Å². The largest absolute Gasteiger partial charge is 0.469 e. The van der Waals surface area contributed by atoms with E-state index < -0.39 is 0 Å². The van der Waals surface area contributed by atoms with Crippen molar-refractivity contribution < 1.29 is 9.47 Å². The molecule has 1 aliphatic rings. The summed E-state index contributed by atoms with van der Waals surface area (Å²) in [7, 11) is 0. The van der Waals surface area contributed by atoms with Crippen LogP contribution in [0.3, 0.4) is 0 Å². The lowest BCUT2D eigenvalue weighted by molar-refractivity contribution is -0.0814. The van der Waals surface area contributed by atoms with E-state index in [0.29, 0.717) is 13.2 Å². The van der Waals surface area contributed by atoms with Gasteiger partial charge in [-0.15, -0.1) is 0 Å². The van der Waals surface area contributed by atoms with Crippen LogP contribution in [0.5, 0.6) is 5.88 Å². The smallest absolute Gasteiger partial charge is 0.214 e. The maximum atomic E-state index is 5.87. The van der Waals surface area contributed by atoms with Crippen LogP contribution in [-0.2, 0) is 16.7 Å². The van der Waals surface area contributed by atoms with Crippen LogP contribution in [0.25, 0.3) is 0 Å². The SMILES string of the molecule is CCCNCc1cc(OC2COC2)nc(C(C)(C)C)c1. The number of rotatable bonds is 6. The molecule has 112 valence electrons. The highest BCUT2D eigenvalue weighted by molar-refractivity contribution is 5.28. The van der Waals surface area contributed by atoms with Crippen molar-refractivity contribution in [2.45, 2.75) is 52.2 Å². The number of nitrogens with zero attached hydrogens (tertiary/aromatic N) is 1. The van der Waals surface area contributed by atoms with E-state index in [1.807, 2.05) is 6.07 Å². The molecule has 0 spiro atoms. The Bertz CT molecular complexity index is 437. The van der Waals surface area contributed by atoms with Crippen LogP contribution < -0.4 is 10.1 Å². The molecule has 0 saturated carbocycles. The molecule has 0 aromatic carbocycles. The Hall–Kier alpha value is -1.13. The number of hydrogen-bond acceptors (Lipinski definition) is 4. The van der Waals surface area contributed by atoms with Crippen molar-refractivity contribution in [2.24, 2.45) is 0 Å². The number of aromatic nitrogens is 1. The van der Waals surface area contributed by atoms with E-state index in [-0.39, 0.29) is 11.5 Å². The zero-order valence-electron chi connectivity index (χ0n) is 13.0. The predicted molar refractivity (Wildman–Crippen MR) is 80.2 cm³/mol. The van der Waals surface area contributed by atoms with Crippen molar-refractivity contribution in [3.63, 3.8) is 0 Å². The molecule has 0 amide bonds. The molecule has 4 nitrogen and oxygen atoms in total. The fourth-order valence-corrected chi connectivity index (χ4v) is 1.97. The third-order valence-corrected chi connectivity index (χ3v) is 3.28. The van der Waals surface area contributed by atoms with E-state index >= 15 is 0 Å². The van der Waals surface area contributed by atoms with Crippen molar-refractivity contribution in [1.29, 1.82) is 0 Å². The number of ether oxygens (including phenoxy) is 2. The van der Waals surface area contributed by atoms with Crippen molar-refractivity contribution in [3.8, 4) is 5.88 Å². The second-order valence-electron chi connectivity index (χ2n) is 6.40. The maximum Gasteiger partial charge on any atom is 0.214 e. The summed E-state index contributed by atoms with van der Waals surface area (Å²) in [5.74, 6) is 0.721. The van der Waals surface area contributed by atoms with Gasteiger partial charge in [0.2, 0.25) is 5.88 Å². The van der Waals surface area contributed by atoms with Crippen molar-refractivity contribution >= 4 is 0 Å². The lowest BCUT2D eigenvalue weighted by Crippen LogP contribution is -2.39. The molecule has 1 N–H and O–H groups in total. The Kier molecular flexibility index (Phi) is 5.00. The Balaban J connectivity index is 2.14. The summed E-state index contributed by atoms with van der Waals surface area (Å²) in [6.07, 6.45) is 1.30. The highest BCUT2D eigenvalue weighted by atomic mass is 16.6. The molecule has 1 aromatic rings. The topological polar surface area (TPSA) is 43.4 Å². The lowest BCUT2D eigenvalue weighted by atomic mass is 9.91. The first kappa shape index (κ1) is 15.3. The summed E-state index contributed by atoms with van der Waals surface area (Å²) < 4.78 is 11.0. The molecule has 0 bridgehead atoms. The molecule has 1 aromatic heterocycles. The van der Waals surface area contributed by atoms with Gasteiger partial charge in [-0.3, -0.25) is 0 Å². The second kappa shape index (κ2) is 6.55. The fourth-order valence-electron chi connectivity index (χ4n) is 1.97. The molecule has 0 radical (unpaired) electrons. The number of pyridine rings is 1. The molecule has 2 heterocycles. The van der Waals surface area contributed by atoms with Gasteiger partial charge < -0.3 is 14.8 Å². The van der Waals surface area contributed by atoms with E-state index in [1.54, 1.807) is 0 Å². The minimum Gasteiger partial charge on any atom is -0.469 e. The first-order chi connectivity index (χ1) is 9.49. The molecular formula is C16H26N2O2. The summed E-state index contributed by atoms with van der Waals surface area (Å²) in [6.45, 7) is 11.9. The number of hydrogen-bond donors (Lipinski definition) is 1. The van der Waals surface area contributed by atoms with Gasteiger partial charge in [0.1, 0.15) is 6.10 Å². The lowest BCUT2D eigenvalue weighted by Gasteiger charge is -2.27. The highest BCUT2D eigenvalue weighted by Gasteiger charge is 2.23. The first-order valence-electron chi connectivity index (χ1n) is 7.45. The molecule has 1 saturated heterocycles. The Morgan fingerprint density at radius 1 is 1.35 bits per heavy atom. The van der Waals surface area contributed by atoms with Gasteiger partial charge >= 0.3 is 0 Å². The molecule has 2 rings (SSSR count). The standard InChI is InChI=1S/C16H26N2O2/c1-5-6-17-9-12-7-14(16(2,3)4)18-15(8-12)20-13-10-19-11-13/h7-8,13,17H,5-6,9-11H2,1-4H3. The van der Waals surface area contributed by atoms with E-state index in [4.69, 9.17) is 9.47 Å². The van der Waals surface area contributed by atoms with Gasteiger partial charge in [0, 0.05) is 18.0 Å². The van der Waals surface area contributed by atoms with Gasteiger partial charge in [-0.2, -0.15) is 0 Å². The van der Waals surface area contributed by atoms with E-state index in [2.05, 4.69) is 44.1 Å². The minimum absolute atomic E-state index is 0.0228. The quantitative estimate of drug-likeness (QED) is 0.812.